The van der Waals surface area contributed by atoms with E-state index in [0.29, 0.717) is 22.1 Å². The minimum Gasteiger partial charge on any atom is -0.325 e. The molecule has 2 aromatic carbocycles. The van der Waals surface area contributed by atoms with E-state index in [1.165, 1.54) is 36.0 Å². The number of carbonyl (C=O) groups excluding carboxylic acids is 2. The maximum absolute atomic E-state index is 13.1. The Kier molecular flexibility index (Phi) is 6.62. The monoisotopic (exact) mass is 467 g/mol. The van der Waals surface area contributed by atoms with Crippen molar-refractivity contribution in [3.8, 4) is 10.7 Å². The summed E-state index contributed by atoms with van der Waals surface area (Å²) in [6.45, 7) is 0. The van der Waals surface area contributed by atoms with Crippen molar-refractivity contribution in [1.82, 2.24) is 14.8 Å². The van der Waals surface area contributed by atoms with Crippen LogP contribution in [0.5, 0.6) is 0 Å². The van der Waals surface area contributed by atoms with Crippen LogP contribution in [-0.4, -0.2) is 32.3 Å². The van der Waals surface area contributed by atoms with Crippen molar-refractivity contribution in [3.63, 3.8) is 0 Å². The molecule has 0 aliphatic carbocycles. The lowest BCUT2D eigenvalue weighted by Crippen LogP contribution is -2.19. The molecule has 0 atom stereocenters. The van der Waals surface area contributed by atoms with Gasteiger partial charge in [-0.25, -0.2) is 4.39 Å². The molecule has 4 aromatic rings. The molecule has 0 fully saturated rings. The number of thiophene rings is 1. The third-order valence-electron chi connectivity index (χ3n) is 4.46. The van der Waals surface area contributed by atoms with E-state index >= 15 is 0 Å². The lowest BCUT2D eigenvalue weighted by molar-refractivity contribution is -0.113. The number of nitrogens with one attached hydrogen (secondary N) is 2. The third kappa shape index (κ3) is 5.04. The predicted molar refractivity (Wildman–Crippen MR) is 124 cm³/mol. The van der Waals surface area contributed by atoms with Crippen LogP contribution in [-0.2, 0) is 11.8 Å². The number of nitrogens with zero attached hydrogens (tertiary/aromatic N) is 3. The Hall–Kier alpha value is -3.50. The van der Waals surface area contributed by atoms with E-state index in [9.17, 15) is 14.0 Å². The van der Waals surface area contributed by atoms with Gasteiger partial charge in [-0.05, 0) is 47.8 Å². The van der Waals surface area contributed by atoms with Crippen LogP contribution >= 0.6 is 23.1 Å². The summed E-state index contributed by atoms with van der Waals surface area (Å²) < 4.78 is 14.9. The maximum atomic E-state index is 13.1. The number of para-hydroxylation sites is 1. The van der Waals surface area contributed by atoms with Crippen LogP contribution in [0.2, 0.25) is 0 Å². The number of halogens is 1. The molecule has 2 heterocycles. The normalized spacial score (nSPS) is 10.7. The van der Waals surface area contributed by atoms with Gasteiger partial charge in [-0.15, -0.1) is 21.5 Å². The predicted octanol–water partition coefficient (Wildman–Crippen LogP) is 4.67. The van der Waals surface area contributed by atoms with Gasteiger partial charge in [0.15, 0.2) is 11.0 Å². The summed E-state index contributed by atoms with van der Waals surface area (Å²) >= 11 is 2.82. The Bertz CT molecular complexity index is 1240. The number of aromatic nitrogens is 3. The highest BCUT2D eigenvalue weighted by Crippen LogP contribution is 2.26. The topological polar surface area (TPSA) is 88.9 Å². The first-order valence-corrected chi connectivity index (χ1v) is 11.4. The quantitative estimate of drug-likeness (QED) is 0.386. The lowest BCUT2D eigenvalue weighted by Gasteiger charge is -2.11. The second-order valence-corrected chi connectivity index (χ2v) is 8.58. The lowest BCUT2D eigenvalue weighted by atomic mass is 10.1. The van der Waals surface area contributed by atoms with E-state index in [1.54, 1.807) is 35.6 Å². The Morgan fingerprint density at radius 2 is 1.81 bits per heavy atom. The van der Waals surface area contributed by atoms with Crippen LogP contribution in [0, 0.1) is 5.82 Å². The molecular weight excluding hydrogens is 449 g/mol. The van der Waals surface area contributed by atoms with Gasteiger partial charge >= 0.3 is 0 Å². The van der Waals surface area contributed by atoms with Crippen LogP contribution in [0.25, 0.3) is 10.7 Å². The van der Waals surface area contributed by atoms with E-state index in [-0.39, 0.29) is 11.7 Å². The number of hydrogen-bond acceptors (Lipinski definition) is 6. The number of benzene rings is 2. The van der Waals surface area contributed by atoms with E-state index in [1.807, 2.05) is 29.1 Å². The minimum atomic E-state index is -0.408. The van der Waals surface area contributed by atoms with Gasteiger partial charge in [0.25, 0.3) is 5.91 Å². The van der Waals surface area contributed by atoms with Crippen molar-refractivity contribution >= 4 is 46.3 Å². The molecule has 0 aliphatic heterocycles. The van der Waals surface area contributed by atoms with Gasteiger partial charge in [0.1, 0.15) is 5.82 Å². The molecule has 4 rings (SSSR count). The van der Waals surface area contributed by atoms with Crippen molar-refractivity contribution in [2.75, 3.05) is 16.4 Å². The first-order valence-electron chi connectivity index (χ1n) is 9.53. The molecule has 0 bridgehead atoms. The van der Waals surface area contributed by atoms with Crippen LogP contribution in [0.4, 0.5) is 15.8 Å². The van der Waals surface area contributed by atoms with Gasteiger partial charge in [-0.3, -0.25) is 9.59 Å². The molecule has 10 heteroatoms. The van der Waals surface area contributed by atoms with Crippen molar-refractivity contribution in [3.05, 3.63) is 77.4 Å². The zero-order valence-corrected chi connectivity index (χ0v) is 18.5. The standard InChI is InChI=1S/C22H18FN5O2S2/c1-28-20(18-7-4-12-31-18)26-27-22(28)32-13-19(29)25-17-6-3-2-5-16(17)21(30)24-15-10-8-14(23)9-11-15/h2-12H,13H2,1H3,(H,24,30)(H,25,29). The van der Waals surface area contributed by atoms with Crippen molar-refractivity contribution in [2.24, 2.45) is 7.05 Å². The molecule has 2 amide bonds. The Labute approximate surface area is 191 Å². The zero-order valence-electron chi connectivity index (χ0n) is 16.9. The molecular formula is C22H18FN5O2S2. The second kappa shape index (κ2) is 9.75. The zero-order chi connectivity index (χ0) is 22.5. The Morgan fingerprint density at radius 3 is 2.56 bits per heavy atom. The van der Waals surface area contributed by atoms with E-state index < -0.39 is 11.7 Å². The minimum absolute atomic E-state index is 0.102. The average molecular weight is 468 g/mol. The molecule has 32 heavy (non-hydrogen) atoms. The fourth-order valence-corrected chi connectivity index (χ4v) is 4.35. The number of anilines is 2. The van der Waals surface area contributed by atoms with E-state index in [4.69, 9.17) is 0 Å². The molecule has 0 spiro atoms. The SMILES string of the molecule is Cn1c(SCC(=O)Nc2ccccc2C(=O)Nc2ccc(F)cc2)nnc1-c1cccs1. The smallest absolute Gasteiger partial charge is 0.257 e. The maximum Gasteiger partial charge on any atom is 0.257 e. The van der Waals surface area contributed by atoms with Gasteiger partial charge in [0, 0.05) is 12.7 Å². The summed E-state index contributed by atoms with van der Waals surface area (Å²) in [6.07, 6.45) is 0. The second-order valence-electron chi connectivity index (χ2n) is 6.69. The molecule has 7 nitrogen and oxygen atoms in total. The fourth-order valence-electron chi connectivity index (χ4n) is 2.90. The Morgan fingerprint density at radius 1 is 1.03 bits per heavy atom. The van der Waals surface area contributed by atoms with Gasteiger partial charge in [0.2, 0.25) is 5.91 Å². The third-order valence-corrected chi connectivity index (χ3v) is 6.34. The molecule has 162 valence electrons. The largest absolute Gasteiger partial charge is 0.325 e. The van der Waals surface area contributed by atoms with Crippen LogP contribution in [0.1, 0.15) is 10.4 Å². The fraction of sp³-hybridized carbons (Fsp3) is 0.0909. The molecule has 2 N–H and O–H groups in total. The van der Waals surface area contributed by atoms with Crippen molar-refractivity contribution < 1.29 is 14.0 Å². The summed E-state index contributed by atoms with van der Waals surface area (Å²) in [6, 6.07) is 16.1. The summed E-state index contributed by atoms with van der Waals surface area (Å²) in [5.74, 6) is -0.235. The summed E-state index contributed by atoms with van der Waals surface area (Å²) in [7, 11) is 1.85. The van der Waals surface area contributed by atoms with Crippen molar-refractivity contribution in [1.29, 1.82) is 0 Å². The Balaban J connectivity index is 1.40. The van der Waals surface area contributed by atoms with Crippen molar-refractivity contribution in [2.45, 2.75) is 5.16 Å². The molecule has 0 unspecified atom stereocenters. The molecule has 0 radical (unpaired) electrons. The summed E-state index contributed by atoms with van der Waals surface area (Å²) in [5, 5.41) is 16.4. The number of rotatable bonds is 7. The average Bonchev–Trinajstić information content (AvgIpc) is 3.44. The summed E-state index contributed by atoms with van der Waals surface area (Å²) in [5.41, 5.74) is 1.14. The van der Waals surface area contributed by atoms with Gasteiger partial charge in [0.05, 0.1) is 21.9 Å². The first-order chi connectivity index (χ1) is 15.5. The van der Waals surface area contributed by atoms with Crippen LogP contribution < -0.4 is 10.6 Å². The number of amides is 2. The van der Waals surface area contributed by atoms with E-state index in [0.717, 1.165) is 10.7 Å². The van der Waals surface area contributed by atoms with E-state index in [2.05, 4.69) is 20.8 Å². The van der Waals surface area contributed by atoms with Gasteiger partial charge in [-0.2, -0.15) is 0 Å². The molecule has 0 aliphatic rings. The first kappa shape index (κ1) is 21.7. The number of thioether (sulfide) groups is 1. The van der Waals surface area contributed by atoms with Gasteiger partial charge < -0.3 is 15.2 Å². The molecule has 2 aromatic heterocycles. The highest BCUT2D eigenvalue weighted by atomic mass is 32.2. The number of carbonyl (C=O) groups is 2. The van der Waals surface area contributed by atoms with Gasteiger partial charge in [-0.1, -0.05) is 30.0 Å². The number of hydrogen-bond donors (Lipinski definition) is 2. The highest BCUT2D eigenvalue weighted by molar-refractivity contribution is 7.99. The highest BCUT2D eigenvalue weighted by Gasteiger charge is 2.16. The van der Waals surface area contributed by atoms with Crippen LogP contribution in [0.15, 0.2) is 71.2 Å². The molecule has 0 saturated heterocycles. The van der Waals surface area contributed by atoms with Crippen LogP contribution in [0.3, 0.4) is 0 Å². The summed E-state index contributed by atoms with van der Waals surface area (Å²) in [4.78, 5) is 26.2. The molecule has 0 saturated carbocycles.